The highest BCUT2D eigenvalue weighted by Gasteiger charge is 2.18. The number of nitrogens with zero attached hydrogens (tertiary/aromatic N) is 2. The molecule has 2 N–H and O–H groups in total. The summed E-state index contributed by atoms with van der Waals surface area (Å²) in [4.78, 5) is 6.24. The molecule has 0 bridgehead atoms. The van der Waals surface area contributed by atoms with Crippen LogP contribution in [0.2, 0.25) is 0 Å². The third-order valence-corrected chi connectivity index (χ3v) is 2.94. The summed E-state index contributed by atoms with van der Waals surface area (Å²) in [7, 11) is 1.64. The van der Waals surface area contributed by atoms with E-state index in [1.807, 2.05) is 35.2 Å². The normalized spacial score (nSPS) is 14.1. The minimum atomic E-state index is 0.423. The Morgan fingerprint density at radius 1 is 1.33 bits per heavy atom. The number of anilines is 1. The van der Waals surface area contributed by atoms with E-state index in [9.17, 15) is 0 Å². The molecule has 0 radical (unpaired) electrons. The van der Waals surface area contributed by atoms with E-state index in [2.05, 4.69) is 4.99 Å². The second-order valence-corrected chi connectivity index (χ2v) is 3.92. The van der Waals surface area contributed by atoms with Gasteiger partial charge in [-0.15, -0.1) is 0 Å². The molecule has 1 aliphatic heterocycles. The van der Waals surface area contributed by atoms with Crippen molar-refractivity contribution in [3.63, 3.8) is 0 Å². The van der Waals surface area contributed by atoms with Crippen LogP contribution in [0.5, 0.6) is 5.75 Å². The van der Waals surface area contributed by atoms with Crippen molar-refractivity contribution in [3.8, 4) is 5.75 Å². The Kier molecular flexibility index (Phi) is 2.44. The van der Waals surface area contributed by atoms with Gasteiger partial charge in [0, 0.05) is 0 Å². The average Bonchev–Trinajstić information content (AvgIpc) is 2.88. The lowest BCUT2D eigenvalue weighted by atomic mass is 10.2. The van der Waals surface area contributed by atoms with E-state index < -0.39 is 0 Å². The average molecular weight is 243 g/mol. The Labute approximate surface area is 104 Å². The molecule has 2 heterocycles. The SMILES string of the molecule is COc1ccccc1N1CN=c2occc2=C1N. The zero-order chi connectivity index (χ0) is 12.5. The van der Waals surface area contributed by atoms with E-state index in [0.717, 1.165) is 16.7 Å². The van der Waals surface area contributed by atoms with Crippen LogP contribution in [-0.2, 0) is 0 Å². The van der Waals surface area contributed by atoms with Gasteiger partial charge >= 0.3 is 0 Å². The third-order valence-electron chi connectivity index (χ3n) is 2.94. The van der Waals surface area contributed by atoms with Crippen LogP contribution in [-0.4, -0.2) is 13.8 Å². The van der Waals surface area contributed by atoms with Crippen LogP contribution in [0.4, 0.5) is 5.69 Å². The van der Waals surface area contributed by atoms with Gasteiger partial charge in [0.2, 0.25) is 5.55 Å². The topological polar surface area (TPSA) is 64.0 Å². The van der Waals surface area contributed by atoms with Crippen LogP contribution in [0.3, 0.4) is 0 Å². The molecule has 0 atom stereocenters. The molecule has 0 spiro atoms. The Bertz CT molecular complexity index is 690. The standard InChI is InChI=1S/C13H13N3O2/c1-17-11-5-3-2-4-10(11)16-8-15-13-9(12(16)14)6-7-18-13/h2-7H,8,14H2,1H3. The fraction of sp³-hybridized carbons (Fsp3) is 0.154. The van der Waals surface area contributed by atoms with Gasteiger partial charge in [0.25, 0.3) is 0 Å². The van der Waals surface area contributed by atoms with Crippen molar-refractivity contribution in [3.05, 3.63) is 47.4 Å². The van der Waals surface area contributed by atoms with Crippen molar-refractivity contribution in [2.24, 2.45) is 10.7 Å². The number of fused-ring (bicyclic) bond motifs is 1. The summed E-state index contributed by atoms with van der Waals surface area (Å²) in [5.74, 6) is 1.39. The molecule has 3 rings (SSSR count). The van der Waals surface area contributed by atoms with Crippen LogP contribution >= 0.6 is 0 Å². The molecule has 92 valence electrons. The van der Waals surface area contributed by atoms with Gasteiger partial charge in [0.1, 0.15) is 18.2 Å². The number of rotatable bonds is 2. The first-order chi connectivity index (χ1) is 8.81. The molecule has 0 amide bonds. The molecule has 0 unspecified atom stereocenters. The van der Waals surface area contributed by atoms with Crippen LogP contribution in [0.15, 0.2) is 46.0 Å². The van der Waals surface area contributed by atoms with Crippen molar-refractivity contribution in [1.29, 1.82) is 0 Å². The van der Waals surface area contributed by atoms with Crippen LogP contribution < -0.4 is 26.1 Å². The van der Waals surface area contributed by atoms with Crippen molar-refractivity contribution < 1.29 is 9.15 Å². The largest absolute Gasteiger partial charge is 0.495 e. The van der Waals surface area contributed by atoms with Gasteiger partial charge in [-0.2, -0.15) is 0 Å². The predicted octanol–water partition coefficient (Wildman–Crippen LogP) is 0.410. The first kappa shape index (κ1) is 10.7. The fourth-order valence-electron chi connectivity index (χ4n) is 2.03. The van der Waals surface area contributed by atoms with Gasteiger partial charge in [-0.3, -0.25) is 0 Å². The minimum absolute atomic E-state index is 0.423. The van der Waals surface area contributed by atoms with Gasteiger partial charge in [0.15, 0.2) is 0 Å². The first-order valence-electron chi connectivity index (χ1n) is 5.59. The predicted molar refractivity (Wildman–Crippen MR) is 67.4 cm³/mol. The number of benzene rings is 1. The summed E-state index contributed by atoms with van der Waals surface area (Å²) in [6.07, 6.45) is 1.59. The molecular formula is C13H13N3O2. The lowest BCUT2D eigenvalue weighted by Crippen LogP contribution is -2.42. The first-order valence-corrected chi connectivity index (χ1v) is 5.59. The monoisotopic (exact) mass is 243 g/mol. The molecule has 1 aromatic heterocycles. The molecule has 5 heteroatoms. The van der Waals surface area contributed by atoms with Crippen molar-refractivity contribution in [2.75, 3.05) is 18.7 Å². The zero-order valence-corrected chi connectivity index (χ0v) is 9.96. The van der Waals surface area contributed by atoms with Gasteiger partial charge in [-0.05, 0) is 18.2 Å². The van der Waals surface area contributed by atoms with Gasteiger partial charge < -0.3 is 19.8 Å². The van der Waals surface area contributed by atoms with E-state index >= 15 is 0 Å². The zero-order valence-electron chi connectivity index (χ0n) is 9.96. The number of para-hydroxylation sites is 2. The van der Waals surface area contributed by atoms with Crippen LogP contribution in [0, 0.1) is 0 Å². The Morgan fingerprint density at radius 2 is 2.17 bits per heavy atom. The molecule has 18 heavy (non-hydrogen) atoms. The number of hydrogen-bond acceptors (Lipinski definition) is 5. The highest BCUT2D eigenvalue weighted by Crippen LogP contribution is 2.29. The highest BCUT2D eigenvalue weighted by molar-refractivity contribution is 5.71. The number of hydrogen-bond donors (Lipinski definition) is 1. The maximum absolute atomic E-state index is 6.16. The molecule has 0 saturated heterocycles. The van der Waals surface area contributed by atoms with Gasteiger partial charge in [0.05, 0.1) is 24.3 Å². The van der Waals surface area contributed by atoms with Crippen LogP contribution in [0.1, 0.15) is 0 Å². The van der Waals surface area contributed by atoms with Crippen molar-refractivity contribution in [2.45, 2.75) is 0 Å². The maximum Gasteiger partial charge on any atom is 0.226 e. The third kappa shape index (κ3) is 1.52. The summed E-state index contributed by atoms with van der Waals surface area (Å²) in [6.45, 7) is 0.423. The molecule has 5 nitrogen and oxygen atoms in total. The second-order valence-electron chi connectivity index (χ2n) is 3.92. The summed E-state index contributed by atoms with van der Waals surface area (Å²) >= 11 is 0. The molecule has 1 aliphatic rings. The molecule has 0 aliphatic carbocycles. The van der Waals surface area contributed by atoms with E-state index in [1.165, 1.54) is 0 Å². The van der Waals surface area contributed by atoms with Gasteiger partial charge in [-0.25, -0.2) is 4.99 Å². The number of furan rings is 1. The number of ether oxygens (including phenoxy) is 1. The summed E-state index contributed by atoms with van der Waals surface area (Å²) in [5, 5.41) is 0.812. The Balaban J connectivity index is 2.15. The lowest BCUT2D eigenvalue weighted by molar-refractivity contribution is 0.415. The molecule has 0 fully saturated rings. The van der Waals surface area contributed by atoms with Crippen LogP contribution in [0.25, 0.3) is 5.82 Å². The molecular weight excluding hydrogens is 230 g/mol. The minimum Gasteiger partial charge on any atom is -0.495 e. The second kappa shape index (κ2) is 4.10. The number of nitrogens with two attached hydrogens (primary N) is 1. The van der Waals surface area contributed by atoms with Crippen molar-refractivity contribution >= 4 is 11.5 Å². The lowest BCUT2D eigenvalue weighted by Gasteiger charge is -2.25. The number of methoxy groups -OCH3 is 1. The maximum atomic E-state index is 6.16. The van der Waals surface area contributed by atoms with E-state index in [-0.39, 0.29) is 0 Å². The van der Waals surface area contributed by atoms with E-state index in [1.54, 1.807) is 13.4 Å². The highest BCUT2D eigenvalue weighted by atomic mass is 16.5. The van der Waals surface area contributed by atoms with E-state index in [4.69, 9.17) is 14.9 Å². The quantitative estimate of drug-likeness (QED) is 0.829. The molecule has 1 aromatic carbocycles. The summed E-state index contributed by atoms with van der Waals surface area (Å²) < 4.78 is 10.6. The summed E-state index contributed by atoms with van der Waals surface area (Å²) in [6, 6.07) is 9.52. The van der Waals surface area contributed by atoms with E-state index in [0.29, 0.717) is 18.0 Å². The van der Waals surface area contributed by atoms with Gasteiger partial charge in [-0.1, -0.05) is 12.1 Å². The fourth-order valence-corrected chi connectivity index (χ4v) is 2.03. The Morgan fingerprint density at radius 3 is 3.00 bits per heavy atom. The van der Waals surface area contributed by atoms with Crippen molar-refractivity contribution in [1.82, 2.24) is 0 Å². The smallest absolute Gasteiger partial charge is 0.226 e. The molecule has 0 saturated carbocycles. The summed E-state index contributed by atoms with van der Waals surface area (Å²) in [5.41, 5.74) is 7.64. The Hall–Kier alpha value is -2.43. The molecule has 2 aromatic rings.